The van der Waals surface area contributed by atoms with Gasteiger partial charge in [0.1, 0.15) is 22.8 Å². The third kappa shape index (κ3) is 4.76. The van der Waals surface area contributed by atoms with Crippen molar-refractivity contribution < 1.29 is 13.9 Å². The number of hydrogen-bond donors (Lipinski definition) is 0. The fraction of sp³-hybridized carbons (Fsp3) is 0.348. The van der Waals surface area contributed by atoms with Gasteiger partial charge in [-0.3, -0.25) is 4.79 Å². The topological polar surface area (TPSA) is 48.7 Å². The van der Waals surface area contributed by atoms with Crippen LogP contribution in [0.2, 0.25) is 0 Å². The third-order valence-electron chi connectivity index (χ3n) is 4.74. The molecule has 0 aliphatic carbocycles. The predicted molar refractivity (Wildman–Crippen MR) is 117 cm³/mol. The average molecular weight is 445 g/mol. The van der Waals surface area contributed by atoms with Crippen LogP contribution in [0.5, 0.6) is 11.5 Å². The molecule has 4 nitrogen and oxygen atoms in total. The zero-order chi connectivity index (χ0) is 19.9. The second kappa shape index (κ2) is 9.78. The molecule has 0 saturated carbocycles. The van der Waals surface area contributed by atoms with Crippen LogP contribution in [-0.2, 0) is 0 Å². The van der Waals surface area contributed by atoms with E-state index < -0.39 is 0 Å². The maximum absolute atomic E-state index is 12.7. The zero-order valence-corrected chi connectivity index (χ0v) is 17.9. The van der Waals surface area contributed by atoms with Gasteiger partial charge in [-0.1, -0.05) is 28.8 Å². The van der Waals surface area contributed by atoms with Crippen LogP contribution in [0.1, 0.15) is 31.2 Å². The van der Waals surface area contributed by atoms with E-state index in [0.717, 1.165) is 23.1 Å². The van der Waals surface area contributed by atoms with E-state index in [-0.39, 0.29) is 5.43 Å². The van der Waals surface area contributed by atoms with E-state index in [4.69, 9.17) is 13.9 Å². The molecule has 0 unspecified atom stereocenters. The van der Waals surface area contributed by atoms with Crippen molar-refractivity contribution in [1.82, 2.24) is 0 Å². The molecule has 0 amide bonds. The number of halogens is 1. The third-order valence-corrected chi connectivity index (χ3v) is 5.30. The summed E-state index contributed by atoms with van der Waals surface area (Å²) in [5, 5.41) is 1.62. The largest absolute Gasteiger partial charge is 0.497 e. The normalized spacial score (nSPS) is 11.0. The van der Waals surface area contributed by atoms with Gasteiger partial charge in [0.05, 0.1) is 19.1 Å². The number of alkyl halides is 1. The minimum atomic E-state index is -0.0253. The quantitative estimate of drug-likeness (QED) is 0.295. The van der Waals surface area contributed by atoms with Crippen molar-refractivity contribution in [2.24, 2.45) is 0 Å². The smallest absolute Gasteiger partial charge is 0.196 e. The van der Waals surface area contributed by atoms with Gasteiger partial charge in [0.15, 0.2) is 5.43 Å². The lowest BCUT2D eigenvalue weighted by molar-refractivity contribution is 0.305. The Kier molecular flexibility index (Phi) is 7.15. The summed E-state index contributed by atoms with van der Waals surface area (Å²) < 4.78 is 17.1. The van der Waals surface area contributed by atoms with E-state index in [9.17, 15) is 4.79 Å². The number of hydrogen-bond acceptors (Lipinski definition) is 4. The summed E-state index contributed by atoms with van der Waals surface area (Å²) in [4.78, 5) is 12.7. The molecule has 0 spiro atoms. The van der Waals surface area contributed by atoms with E-state index in [1.807, 2.05) is 24.3 Å². The molecule has 148 valence electrons. The summed E-state index contributed by atoms with van der Waals surface area (Å²) in [6, 6.07) is 12.9. The summed E-state index contributed by atoms with van der Waals surface area (Å²) >= 11 is 3.45. The molecule has 0 aliphatic rings. The van der Waals surface area contributed by atoms with Crippen LogP contribution >= 0.6 is 15.9 Å². The van der Waals surface area contributed by atoms with Crippen molar-refractivity contribution in [2.75, 3.05) is 19.0 Å². The molecule has 1 aromatic heterocycles. The number of benzene rings is 2. The number of rotatable bonds is 9. The van der Waals surface area contributed by atoms with Crippen molar-refractivity contribution >= 4 is 26.9 Å². The zero-order valence-electron chi connectivity index (χ0n) is 16.3. The van der Waals surface area contributed by atoms with E-state index in [1.165, 1.54) is 19.3 Å². The van der Waals surface area contributed by atoms with E-state index >= 15 is 0 Å². The molecule has 0 atom stereocenters. The van der Waals surface area contributed by atoms with Crippen LogP contribution in [0.3, 0.4) is 0 Å². The molecule has 5 heteroatoms. The Morgan fingerprint density at radius 1 is 0.964 bits per heavy atom. The first-order valence-electron chi connectivity index (χ1n) is 9.54. The maximum Gasteiger partial charge on any atom is 0.196 e. The van der Waals surface area contributed by atoms with Crippen LogP contribution in [0, 0.1) is 6.92 Å². The van der Waals surface area contributed by atoms with E-state index in [0.29, 0.717) is 34.6 Å². The highest BCUT2D eigenvalue weighted by Crippen LogP contribution is 2.28. The Morgan fingerprint density at radius 2 is 1.68 bits per heavy atom. The molecule has 1 heterocycles. The molecule has 0 aliphatic heterocycles. The Balaban J connectivity index is 1.77. The molecule has 0 radical (unpaired) electrons. The van der Waals surface area contributed by atoms with Gasteiger partial charge in [-0.2, -0.15) is 0 Å². The molecular formula is C23H25BrO4. The van der Waals surface area contributed by atoms with Gasteiger partial charge in [0.2, 0.25) is 0 Å². The molecular weight excluding hydrogens is 420 g/mol. The second-order valence-corrected chi connectivity index (χ2v) is 7.52. The highest BCUT2D eigenvalue weighted by Gasteiger charge is 2.13. The van der Waals surface area contributed by atoms with Crippen LogP contribution in [0.15, 0.2) is 51.7 Å². The highest BCUT2D eigenvalue weighted by atomic mass is 79.9. The molecule has 0 saturated heterocycles. The molecule has 2 aromatic carbocycles. The van der Waals surface area contributed by atoms with Gasteiger partial charge >= 0.3 is 0 Å². The molecule has 0 fully saturated rings. The number of methoxy groups -OCH3 is 1. The lowest BCUT2D eigenvalue weighted by Crippen LogP contribution is -2.07. The van der Waals surface area contributed by atoms with Gasteiger partial charge in [0.25, 0.3) is 0 Å². The Hall–Kier alpha value is -2.27. The number of ether oxygens (including phenoxy) is 2. The lowest BCUT2D eigenvalue weighted by Gasteiger charge is -2.10. The molecule has 28 heavy (non-hydrogen) atoms. The van der Waals surface area contributed by atoms with Crippen LogP contribution in [0.4, 0.5) is 0 Å². The molecule has 0 N–H and O–H groups in total. The maximum atomic E-state index is 12.7. The second-order valence-electron chi connectivity index (χ2n) is 6.72. The summed E-state index contributed by atoms with van der Waals surface area (Å²) in [7, 11) is 1.59. The van der Waals surface area contributed by atoms with Gasteiger partial charge < -0.3 is 13.9 Å². The fourth-order valence-corrected chi connectivity index (χ4v) is 3.51. The van der Waals surface area contributed by atoms with E-state index in [1.54, 1.807) is 32.2 Å². The standard InChI is InChI=1S/C23H25BrO4/c1-16-22(25)20-12-11-19(26-2)15-21(20)28-23(16)17-7-9-18(10-8-17)27-14-6-4-3-5-13-24/h7-12,15H,3-6,13-14H2,1-2H3. The SMILES string of the molecule is COc1ccc2c(=O)c(C)c(-c3ccc(OCCCCCCBr)cc3)oc2c1. The first kappa shape index (κ1) is 20.5. The Morgan fingerprint density at radius 3 is 2.39 bits per heavy atom. The molecule has 3 aromatic rings. The number of fused-ring (bicyclic) bond motifs is 1. The summed E-state index contributed by atoms with van der Waals surface area (Å²) in [5.74, 6) is 2.06. The van der Waals surface area contributed by atoms with Crippen LogP contribution < -0.4 is 14.9 Å². The summed E-state index contributed by atoms with van der Waals surface area (Å²) in [6.07, 6.45) is 4.65. The highest BCUT2D eigenvalue weighted by molar-refractivity contribution is 9.09. The van der Waals surface area contributed by atoms with Crippen molar-refractivity contribution in [2.45, 2.75) is 32.6 Å². The molecule has 0 bridgehead atoms. The summed E-state index contributed by atoms with van der Waals surface area (Å²) in [5.41, 5.74) is 1.94. The predicted octanol–water partition coefficient (Wildman–Crippen LogP) is 6.11. The Labute approximate surface area is 173 Å². The average Bonchev–Trinajstić information content (AvgIpc) is 2.73. The van der Waals surface area contributed by atoms with Gasteiger partial charge in [-0.15, -0.1) is 0 Å². The van der Waals surface area contributed by atoms with Gasteiger partial charge in [-0.25, -0.2) is 0 Å². The van der Waals surface area contributed by atoms with Crippen molar-refractivity contribution in [1.29, 1.82) is 0 Å². The van der Waals surface area contributed by atoms with E-state index in [2.05, 4.69) is 15.9 Å². The first-order chi connectivity index (χ1) is 13.6. The molecule has 3 rings (SSSR count). The first-order valence-corrected chi connectivity index (χ1v) is 10.7. The van der Waals surface area contributed by atoms with Gasteiger partial charge in [-0.05, 0) is 56.2 Å². The van der Waals surface area contributed by atoms with Crippen molar-refractivity contribution in [3.63, 3.8) is 0 Å². The monoisotopic (exact) mass is 444 g/mol. The van der Waals surface area contributed by atoms with Crippen LogP contribution in [-0.4, -0.2) is 19.0 Å². The Bertz CT molecular complexity index is 976. The lowest BCUT2D eigenvalue weighted by atomic mass is 10.1. The minimum absolute atomic E-state index is 0.0253. The van der Waals surface area contributed by atoms with Crippen molar-refractivity contribution in [3.8, 4) is 22.8 Å². The van der Waals surface area contributed by atoms with Crippen LogP contribution in [0.25, 0.3) is 22.3 Å². The fourth-order valence-electron chi connectivity index (χ4n) is 3.11. The number of unbranched alkanes of at least 4 members (excludes halogenated alkanes) is 3. The van der Waals surface area contributed by atoms with Crippen molar-refractivity contribution in [3.05, 3.63) is 58.3 Å². The minimum Gasteiger partial charge on any atom is -0.497 e. The summed E-state index contributed by atoms with van der Waals surface area (Å²) in [6.45, 7) is 2.51. The van der Waals surface area contributed by atoms with Gasteiger partial charge in [0, 0.05) is 22.5 Å².